The molecule has 138 valence electrons. The molecule has 11 heteroatoms. The monoisotopic (exact) mass is 375 g/mol. The summed E-state index contributed by atoms with van der Waals surface area (Å²) in [4.78, 5) is 11.9. The number of methoxy groups -OCH3 is 1. The van der Waals surface area contributed by atoms with Crippen LogP contribution in [0.1, 0.15) is 21.6 Å². The molecule has 2 rings (SSSR count). The molecule has 1 heterocycles. The number of hydrogen-bond acceptors (Lipinski definition) is 5. The van der Waals surface area contributed by atoms with Crippen LogP contribution in [0.15, 0.2) is 24.4 Å². The van der Waals surface area contributed by atoms with Gasteiger partial charge in [-0.2, -0.15) is 27.2 Å². The van der Waals surface area contributed by atoms with Crippen molar-refractivity contribution in [2.45, 2.75) is 12.8 Å². The van der Waals surface area contributed by atoms with E-state index in [1.165, 1.54) is 0 Å². The number of esters is 1. The van der Waals surface area contributed by atoms with Gasteiger partial charge in [0, 0.05) is 6.20 Å². The minimum absolute atomic E-state index is 0.259. The lowest BCUT2D eigenvalue weighted by Gasteiger charge is -2.16. The fourth-order valence-corrected chi connectivity index (χ4v) is 2.18. The Morgan fingerprint density at radius 2 is 2.00 bits per heavy atom. The molecule has 0 aliphatic rings. The maximum absolute atomic E-state index is 13.0. The van der Waals surface area contributed by atoms with Crippen LogP contribution in [0.4, 0.5) is 27.6 Å². The van der Waals surface area contributed by atoms with Crippen LogP contribution in [0.5, 0.6) is 5.75 Å². The lowest BCUT2D eigenvalue weighted by molar-refractivity contribution is -0.137. The van der Waals surface area contributed by atoms with Crippen LogP contribution in [-0.4, -0.2) is 24.3 Å². The van der Waals surface area contributed by atoms with Gasteiger partial charge in [-0.15, -0.1) is 0 Å². The Hall–Kier alpha value is -3.29. The predicted octanol–water partition coefficient (Wildman–Crippen LogP) is 3.34. The second-order valence-electron chi connectivity index (χ2n) is 4.84. The first-order valence-electron chi connectivity index (χ1n) is 6.75. The van der Waals surface area contributed by atoms with Crippen molar-refractivity contribution in [2.24, 2.45) is 0 Å². The van der Waals surface area contributed by atoms with E-state index < -0.39 is 41.5 Å². The normalized spacial score (nSPS) is 11.3. The summed E-state index contributed by atoms with van der Waals surface area (Å²) in [6.45, 7) is -3.34. The first-order chi connectivity index (χ1) is 12.1. The van der Waals surface area contributed by atoms with Crippen molar-refractivity contribution in [3.8, 4) is 17.5 Å². The van der Waals surface area contributed by atoms with E-state index in [2.05, 4.69) is 9.47 Å². The average Bonchev–Trinajstić information content (AvgIpc) is 2.89. The van der Waals surface area contributed by atoms with E-state index >= 15 is 0 Å². The van der Waals surface area contributed by atoms with E-state index in [4.69, 9.17) is 11.0 Å². The Kier molecular flexibility index (Phi) is 5.06. The van der Waals surface area contributed by atoms with Crippen LogP contribution in [0.3, 0.4) is 0 Å². The maximum Gasteiger partial charge on any atom is 0.416 e. The molecule has 0 saturated carbocycles. The molecule has 0 unspecified atom stereocenters. The maximum atomic E-state index is 13.0. The number of aromatic nitrogens is 1. The number of benzene rings is 1. The minimum atomic E-state index is -4.79. The zero-order valence-corrected chi connectivity index (χ0v) is 13.0. The summed E-state index contributed by atoms with van der Waals surface area (Å²) in [5.74, 6) is -1.73. The number of nitriles is 1. The number of nitrogens with two attached hydrogens (primary N) is 1. The number of anilines is 1. The van der Waals surface area contributed by atoms with Gasteiger partial charge in [0.1, 0.15) is 11.8 Å². The van der Waals surface area contributed by atoms with Gasteiger partial charge in [0.25, 0.3) is 0 Å². The van der Waals surface area contributed by atoms with Gasteiger partial charge < -0.3 is 19.8 Å². The zero-order chi connectivity index (χ0) is 19.6. The highest BCUT2D eigenvalue weighted by Gasteiger charge is 2.33. The quantitative estimate of drug-likeness (QED) is 0.654. The fourth-order valence-electron chi connectivity index (χ4n) is 2.18. The van der Waals surface area contributed by atoms with Crippen molar-refractivity contribution < 1.29 is 36.2 Å². The third-order valence-corrected chi connectivity index (χ3v) is 3.31. The summed E-state index contributed by atoms with van der Waals surface area (Å²) < 4.78 is 73.6. The summed E-state index contributed by atoms with van der Waals surface area (Å²) in [5.41, 5.74) is 2.77. The summed E-state index contributed by atoms with van der Waals surface area (Å²) in [6.07, 6.45) is -3.87. The largest absolute Gasteiger partial charge is 0.464 e. The molecule has 26 heavy (non-hydrogen) atoms. The van der Waals surface area contributed by atoms with Crippen LogP contribution in [0, 0.1) is 11.3 Å². The number of alkyl halides is 5. The first kappa shape index (κ1) is 19.0. The first-order valence-corrected chi connectivity index (χ1v) is 6.75. The number of carbonyl (C=O) groups excluding carboxylic acids is 1. The van der Waals surface area contributed by atoms with Crippen molar-refractivity contribution in [3.63, 3.8) is 0 Å². The van der Waals surface area contributed by atoms with E-state index in [0.717, 1.165) is 17.9 Å². The third kappa shape index (κ3) is 3.53. The van der Waals surface area contributed by atoms with Crippen LogP contribution < -0.4 is 10.5 Å². The predicted molar refractivity (Wildman–Crippen MR) is 77.9 cm³/mol. The number of carbonyl (C=O) groups is 1. The van der Waals surface area contributed by atoms with Crippen molar-refractivity contribution in [2.75, 3.05) is 12.8 Å². The van der Waals surface area contributed by atoms with E-state index in [1.807, 2.05) is 0 Å². The molecule has 0 aliphatic heterocycles. The summed E-state index contributed by atoms with van der Waals surface area (Å²) >= 11 is 0. The summed E-state index contributed by atoms with van der Waals surface area (Å²) in [6, 6.07) is 3.35. The highest BCUT2D eigenvalue weighted by atomic mass is 19.4. The molecule has 0 fully saturated rings. The molecule has 1 aromatic carbocycles. The molecule has 2 aromatic rings. The Morgan fingerprint density at radius 1 is 1.35 bits per heavy atom. The van der Waals surface area contributed by atoms with Crippen molar-refractivity contribution in [1.82, 2.24) is 4.57 Å². The Balaban J connectivity index is 2.81. The Labute approximate surface area is 143 Å². The topological polar surface area (TPSA) is 90.3 Å². The highest BCUT2D eigenvalue weighted by Crippen LogP contribution is 2.36. The minimum Gasteiger partial charge on any atom is -0.464 e. The summed E-state index contributed by atoms with van der Waals surface area (Å²) in [7, 11) is 0.980. The van der Waals surface area contributed by atoms with Crippen LogP contribution in [-0.2, 0) is 10.9 Å². The van der Waals surface area contributed by atoms with Gasteiger partial charge in [-0.05, 0) is 18.2 Å². The lowest BCUT2D eigenvalue weighted by Crippen LogP contribution is -2.14. The summed E-state index contributed by atoms with van der Waals surface area (Å²) in [5, 5.41) is 9.03. The van der Waals surface area contributed by atoms with Crippen LogP contribution in [0.2, 0.25) is 0 Å². The van der Waals surface area contributed by atoms with Crippen LogP contribution >= 0.6 is 0 Å². The third-order valence-electron chi connectivity index (χ3n) is 3.31. The number of nitrogens with zero attached hydrogens (tertiary/aromatic N) is 2. The van der Waals surface area contributed by atoms with E-state index in [0.29, 0.717) is 18.2 Å². The lowest BCUT2D eigenvalue weighted by atomic mass is 10.1. The molecular weight excluding hydrogens is 365 g/mol. The van der Waals surface area contributed by atoms with Gasteiger partial charge in [-0.3, -0.25) is 0 Å². The molecule has 0 amide bonds. The number of ether oxygens (including phenoxy) is 2. The van der Waals surface area contributed by atoms with Gasteiger partial charge in [-0.25, -0.2) is 4.79 Å². The molecule has 6 nitrogen and oxygen atoms in total. The van der Waals surface area contributed by atoms with Gasteiger partial charge in [-0.1, -0.05) is 0 Å². The molecule has 2 N–H and O–H groups in total. The van der Waals surface area contributed by atoms with E-state index in [9.17, 15) is 26.7 Å². The van der Waals surface area contributed by atoms with Gasteiger partial charge in [0.15, 0.2) is 5.69 Å². The zero-order valence-electron chi connectivity index (χ0n) is 13.0. The number of hydrogen-bond donors (Lipinski definition) is 1. The molecular formula is C15H10F5N3O3. The van der Waals surface area contributed by atoms with E-state index in [1.54, 1.807) is 6.07 Å². The smallest absolute Gasteiger partial charge is 0.416 e. The number of nitrogen functional groups attached to an aromatic ring is 1. The number of halogens is 5. The Bertz CT molecular complexity index is 884. The van der Waals surface area contributed by atoms with Crippen LogP contribution in [0.25, 0.3) is 5.69 Å². The van der Waals surface area contributed by atoms with E-state index in [-0.39, 0.29) is 11.3 Å². The molecule has 0 aliphatic carbocycles. The van der Waals surface area contributed by atoms with Crippen molar-refractivity contribution >= 4 is 11.7 Å². The Morgan fingerprint density at radius 3 is 2.50 bits per heavy atom. The molecule has 0 bridgehead atoms. The van der Waals surface area contributed by atoms with Crippen molar-refractivity contribution in [1.29, 1.82) is 5.26 Å². The SMILES string of the molecule is COC(=O)c1c(N)c(C#N)cn1-c1cc(C(F)(F)F)ccc1OC(F)F. The average molecular weight is 375 g/mol. The molecule has 1 aromatic heterocycles. The van der Waals surface area contributed by atoms with Crippen molar-refractivity contribution in [3.05, 3.63) is 41.2 Å². The molecule has 0 atom stereocenters. The second kappa shape index (κ2) is 6.91. The van der Waals surface area contributed by atoms with Gasteiger partial charge >= 0.3 is 18.8 Å². The fraction of sp³-hybridized carbons (Fsp3) is 0.200. The molecule has 0 saturated heterocycles. The second-order valence-corrected chi connectivity index (χ2v) is 4.84. The number of rotatable bonds is 4. The van der Waals surface area contributed by atoms with Gasteiger partial charge in [0.05, 0.1) is 29.6 Å². The standard InChI is InChI=1S/C15H10F5N3O3/c1-25-13(24)12-11(22)7(5-21)6-23(12)9-4-8(15(18,19)20)2-3-10(9)26-14(16)17/h2-4,6,14H,22H2,1H3. The van der Waals surface area contributed by atoms with Gasteiger partial charge in [0.2, 0.25) is 0 Å². The highest BCUT2D eigenvalue weighted by molar-refractivity contribution is 5.96. The molecule has 0 spiro atoms. The molecule has 0 radical (unpaired) electrons.